The quantitative estimate of drug-likeness (QED) is 0.430. The fourth-order valence-electron chi connectivity index (χ4n) is 2.71. The van der Waals surface area contributed by atoms with E-state index < -0.39 is 0 Å². The van der Waals surface area contributed by atoms with Crippen LogP contribution in [0.1, 0.15) is 41.6 Å². The smallest absolute Gasteiger partial charge is 0.305 e. The largest absolute Gasteiger partial charge is 0.469 e. The van der Waals surface area contributed by atoms with Crippen LogP contribution in [-0.2, 0) is 9.53 Å². The van der Waals surface area contributed by atoms with E-state index in [0.29, 0.717) is 17.7 Å². The average molecular weight is 366 g/mol. The summed E-state index contributed by atoms with van der Waals surface area (Å²) in [6.45, 7) is 0. The zero-order valence-corrected chi connectivity index (χ0v) is 15.9. The van der Waals surface area contributed by atoms with Gasteiger partial charge in [0, 0.05) is 24.7 Å². The van der Waals surface area contributed by atoms with Crippen LogP contribution in [0.2, 0.25) is 0 Å². The summed E-state index contributed by atoms with van der Waals surface area (Å²) in [5.41, 5.74) is 8.72. The number of amides is 1. The van der Waals surface area contributed by atoms with Crippen LogP contribution < -0.4 is 10.6 Å². The number of para-hydroxylation sites is 1. The number of anilines is 2. The second-order valence-corrected chi connectivity index (χ2v) is 6.27. The summed E-state index contributed by atoms with van der Waals surface area (Å²) in [7, 11) is 3.17. The van der Waals surface area contributed by atoms with Crippen LogP contribution in [0.15, 0.2) is 54.6 Å². The van der Waals surface area contributed by atoms with Gasteiger partial charge < -0.3 is 15.4 Å². The number of unbranched alkanes of at least 4 members (excludes halogenated alkanes) is 2. The zero-order chi connectivity index (χ0) is 19.6. The molecule has 2 aromatic rings. The Kier molecular flexibility index (Phi) is 7.62. The molecule has 2 aromatic carbocycles. The van der Waals surface area contributed by atoms with Gasteiger partial charge in [0.15, 0.2) is 0 Å². The number of allylic oxidation sites excluding steroid dienone is 1. The maximum Gasteiger partial charge on any atom is 0.305 e. The number of esters is 1. The number of nitrogens with two attached hydrogens (primary N) is 1. The van der Waals surface area contributed by atoms with E-state index in [2.05, 4.69) is 10.8 Å². The Morgan fingerprint density at radius 3 is 2.48 bits per heavy atom. The Bertz CT molecular complexity index is 797. The molecular formula is C22H26N2O3. The van der Waals surface area contributed by atoms with Crippen molar-refractivity contribution >= 4 is 29.3 Å². The predicted octanol–water partition coefficient (Wildman–Crippen LogP) is 4.29. The van der Waals surface area contributed by atoms with E-state index in [9.17, 15) is 9.59 Å². The molecule has 27 heavy (non-hydrogen) atoms. The first-order valence-corrected chi connectivity index (χ1v) is 8.99. The highest BCUT2D eigenvalue weighted by Gasteiger charge is 2.15. The molecule has 0 fully saturated rings. The summed E-state index contributed by atoms with van der Waals surface area (Å²) in [5, 5.41) is 0. The topological polar surface area (TPSA) is 72.6 Å². The minimum absolute atomic E-state index is 0.0890. The second kappa shape index (κ2) is 10.2. The van der Waals surface area contributed by atoms with Crippen molar-refractivity contribution in [3.63, 3.8) is 0 Å². The number of hydrogen-bond donors (Lipinski definition) is 1. The Balaban J connectivity index is 2.01. The van der Waals surface area contributed by atoms with Gasteiger partial charge in [0.1, 0.15) is 0 Å². The third-order valence-corrected chi connectivity index (χ3v) is 4.29. The highest BCUT2D eigenvalue weighted by Crippen LogP contribution is 2.23. The van der Waals surface area contributed by atoms with E-state index in [1.165, 1.54) is 7.11 Å². The van der Waals surface area contributed by atoms with Crippen molar-refractivity contribution in [2.45, 2.75) is 25.7 Å². The van der Waals surface area contributed by atoms with Gasteiger partial charge in [0.05, 0.1) is 12.8 Å². The van der Waals surface area contributed by atoms with Gasteiger partial charge in [-0.2, -0.15) is 0 Å². The number of rotatable bonds is 8. The minimum Gasteiger partial charge on any atom is -0.469 e. The Morgan fingerprint density at radius 1 is 1.07 bits per heavy atom. The molecule has 0 aliphatic heterocycles. The molecule has 0 atom stereocenters. The molecule has 0 heterocycles. The van der Waals surface area contributed by atoms with Crippen molar-refractivity contribution in [2.24, 2.45) is 0 Å². The van der Waals surface area contributed by atoms with Gasteiger partial charge in [-0.1, -0.05) is 30.4 Å². The number of ether oxygens (including phenoxy) is 1. The van der Waals surface area contributed by atoms with Crippen LogP contribution in [0.4, 0.5) is 11.4 Å². The van der Waals surface area contributed by atoms with Gasteiger partial charge in [-0.15, -0.1) is 0 Å². The lowest BCUT2D eigenvalue weighted by molar-refractivity contribution is -0.140. The van der Waals surface area contributed by atoms with E-state index in [4.69, 9.17) is 5.73 Å². The number of nitrogen functional groups attached to an aromatic ring is 1. The highest BCUT2D eigenvalue weighted by molar-refractivity contribution is 6.06. The molecule has 0 aliphatic carbocycles. The van der Waals surface area contributed by atoms with Crippen LogP contribution >= 0.6 is 0 Å². The fraction of sp³-hybridized carbons (Fsp3) is 0.273. The van der Waals surface area contributed by atoms with Crippen LogP contribution in [0.25, 0.3) is 6.08 Å². The number of benzene rings is 2. The van der Waals surface area contributed by atoms with E-state index >= 15 is 0 Å². The third kappa shape index (κ3) is 5.99. The number of hydrogen-bond acceptors (Lipinski definition) is 4. The summed E-state index contributed by atoms with van der Waals surface area (Å²) >= 11 is 0. The van der Waals surface area contributed by atoms with Crippen molar-refractivity contribution < 1.29 is 14.3 Å². The maximum absolute atomic E-state index is 12.7. The summed E-state index contributed by atoms with van der Waals surface area (Å²) in [4.78, 5) is 25.5. The summed E-state index contributed by atoms with van der Waals surface area (Å²) < 4.78 is 4.63. The molecule has 1 amide bonds. The van der Waals surface area contributed by atoms with Crippen molar-refractivity contribution in [1.29, 1.82) is 0 Å². The summed E-state index contributed by atoms with van der Waals surface area (Å²) in [6, 6.07) is 14.7. The van der Waals surface area contributed by atoms with Crippen LogP contribution in [0.3, 0.4) is 0 Å². The Hall–Kier alpha value is -3.08. The summed E-state index contributed by atoms with van der Waals surface area (Å²) in [6.07, 6.45) is 7.10. The van der Waals surface area contributed by atoms with Gasteiger partial charge in [-0.25, -0.2) is 0 Å². The van der Waals surface area contributed by atoms with E-state index in [0.717, 1.165) is 30.5 Å². The molecule has 2 rings (SSSR count). The molecule has 0 radical (unpaired) electrons. The van der Waals surface area contributed by atoms with Gasteiger partial charge in [0.25, 0.3) is 5.91 Å². The van der Waals surface area contributed by atoms with Gasteiger partial charge in [0.2, 0.25) is 0 Å². The molecule has 0 aromatic heterocycles. The molecule has 0 bridgehead atoms. The molecule has 142 valence electrons. The molecule has 0 saturated carbocycles. The number of carbonyl (C=O) groups is 2. The number of methoxy groups -OCH3 is 1. The van der Waals surface area contributed by atoms with Crippen LogP contribution in [-0.4, -0.2) is 26.0 Å². The van der Waals surface area contributed by atoms with E-state index in [1.54, 1.807) is 36.2 Å². The van der Waals surface area contributed by atoms with Gasteiger partial charge in [-0.3, -0.25) is 9.59 Å². The number of carbonyl (C=O) groups excluding carboxylic acids is 2. The van der Waals surface area contributed by atoms with Crippen molar-refractivity contribution in [1.82, 2.24) is 0 Å². The van der Waals surface area contributed by atoms with Gasteiger partial charge >= 0.3 is 5.97 Å². The Labute approximate surface area is 160 Å². The molecule has 0 aliphatic rings. The lowest BCUT2D eigenvalue weighted by Gasteiger charge is -2.20. The monoisotopic (exact) mass is 366 g/mol. The molecule has 0 spiro atoms. The molecule has 5 heteroatoms. The number of nitrogens with zero attached hydrogens (tertiary/aromatic N) is 1. The molecule has 0 saturated heterocycles. The predicted molar refractivity (Wildman–Crippen MR) is 110 cm³/mol. The van der Waals surface area contributed by atoms with E-state index in [1.807, 2.05) is 30.3 Å². The SMILES string of the molecule is COC(=O)CCCC/C=C/c1ccccc1N(C)C(=O)c1ccc(N)cc1. The zero-order valence-electron chi connectivity index (χ0n) is 15.9. The molecule has 2 N–H and O–H groups in total. The van der Waals surface area contributed by atoms with Crippen molar-refractivity contribution in [2.75, 3.05) is 24.8 Å². The molecular weight excluding hydrogens is 340 g/mol. The molecule has 5 nitrogen and oxygen atoms in total. The first-order chi connectivity index (χ1) is 13.0. The second-order valence-electron chi connectivity index (χ2n) is 6.27. The average Bonchev–Trinajstić information content (AvgIpc) is 2.70. The maximum atomic E-state index is 12.7. The fourth-order valence-corrected chi connectivity index (χ4v) is 2.71. The lowest BCUT2D eigenvalue weighted by Crippen LogP contribution is -2.26. The standard InChI is InChI=1S/C22H26N2O3/c1-24(22(26)18-13-15-19(23)16-14-18)20-11-8-7-10-17(20)9-5-3-4-6-12-21(25)27-2/h5,7-11,13-16H,3-4,6,12,23H2,1-2H3/b9-5+. The molecule has 0 unspecified atom stereocenters. The lowest BCUT2D eigenvalue weighted by atomic mass is 10.1. The minimum atomic E-state index is -0.174. The highest BCUT2D eigenvalue weighted by atomic mass is 16.5. The Morgan fingerprint density at radius 2 is 1.78 bits per heavy atom. The third-order valence-electron chi connectivity index (χ3n) is 4.29. The first kappa shape index (κ1) is 20.2. The van der Waals surface area contributed by atoms with Crippen LogP contribution in [0.5, 0.6) is 0 Å². The summed E-state index contributed by atoms with van der Waals surface area (Å²) in [5.74, 6) is -0.263. The first-order valence-electron chi connectivity index (χ1n) is 8.99. The van der Waals surface area contributed by atoms with Crippen molar-refractivity contribution in [3.05, 3.63) is 65.7 Å². The normalized spacial score (nSPS) is 10.7. The van der Waals surface area contributed by atoms with Gasteiger partial charge in [-0.05, 0) is 55.2 Å². The van der Waals surface area contributed by atoms with Crippen LogP contribution in [0, 0.1) is 0 Å². The van der Waals surface area contributed by atoms with E-state index in [-0.39, 0.29) is 11.9 Å². The van der Waals surface area contributed by atoms with Crippen molar-refractivity contribution in [3.8, 4) is 0 Å².